The van der Waals surface area contributed by atoms with Gasteiger partial charge in [0.25, 0.3) is 6.08 Å². The molecular weight excluding hydrogens is 258 g/mol. The van der Waals surface area contributed by atoms with Crippen molar-refractivity contribution < 1.29 is 8.78 Å². The molecular formula is C13H14F2S2. The number of hydrogen-bond acceptors (Lipinski definition) is 2. The van der Waals surface area contributed by atoms with E-state index in [1.807, 2.05) is 30.3 Å². The molecule has 0 atom stereocenters. The van der Waals surface area contributed by atoms with Crippen LogP contribution < -0.4 is 0 Å². The van der Waals surface area contributed by atoms with Gasteiger partial charge >= 0.3 is 0 Å². The highest BCUT2D eigenvalue weighted by molar-refractivity contribution is 8.18. The van der Waals surface area contributed by atoms with Crippen LogP contribution in [0.4, 0.5) is 8.78 Å². The lowest BCUT2D eigenvalue weighted by Crippen LogP contribution is -2.22. The van der Waals surface area contributed by atoms with Crippen LogP contribution in [0.15, 0.2) is 42.5 Å². The third kappa shape index (κ3) is 3.26. The lowest BCUT2D eigenvalue weighted by molar-refractivity contribution is 0.416. The highest BCUT2D eigenvalue weighted by atomic mass is 32.2. The van der Waals surface area contributed by atoms with Gasteiger partial charge in [-0.2, -0.15) is 8.78 Å². The first-order valence-corrected chi connectivity index (χ1v) is 7.55. The van der Waals surface area contributed by atoms with Gasteiger partial charge in [-0.3, -0.25) is 0 Å². The predicted molar refractivity (Wildman–Crippen MR) is 72.6 cm³/mol. The van der Waals surface area contributed by atoms with Crippen molar-refractivity contribution in [1.82, 2.24) is 0 Å². The summed E-state index contributed by atoms with van der Waals surface area (Å²) in [5, 5.41) is 0. The molecule has 0 nitrogen and oxygen atoms in total. The second-order valence-electron chi connectivity index (χ2n) is 3.87. The lowest BCUT2D eigenvalue weighted by atomic mass is 10.1. The maximum Gasteiger partial charge on any atom is 0.266 e. The Morgan fingerprint density at radius 1 is 1.18 bits per heavy atom. The molecule has 17 heavy (non-hydrogen) atoms. The summed E-state index contributed by atoms with van der Waals surface area (Å²) in [4.78, 5) is 0. The Bertz CT molecular complexity index is 380. The molecule has 0 bridgehead atoms. The summed E-state index contributed by atoms with van der Waals surface area (Å²) in [6.45, 7) is 0. The van der Waals surface area contributed by atoms with Crippen LogP contribution in [0.1, 0.15) is 18.4 Å². The number of benzene rings is 1. The fourth-order valence-electron chi connectivity index (χ4n) is 1.88. The quantitative estimate of drug-likeness (QED) is 0.769. The topological polar surface area (TPSA) is 0 Å². The van der Waals surface area contributed by atoms with E-state index in [9.17, 15) is 8.78 Å². The van der Waals surface area contributed by atoms with E-state index in [4.69, 9.17) is 0 Å². The van der Waals surface area contributed by atoms with Crippen LogP contribution >= 0.6 is 23.5 Å². The molecule has 1 aromatic carbocycles. The van der Waals surface area contributed by atoms with E-state index >= 15 is 0 Å². The molecule has 0 aromatic heterocycles. The van der Waals surface area contributed by atoms with E-state index in [0.29, 0.717) is 6.42 Å². The maximum absolute atomic E-state index is 12.3. The molecule has 4 heteroatoms. The molecule has 1 heterocycles. The van der Waals surface area contributed by atoms with E-state index in [0.717, 1.165) is 29.6 Å². The number of rotatable bonds is 3. The van der Waals surface area contributed by atoms with Crippen LogP contribution in [-0.2, 0) is 4.08 Å². The van der Waals surface area contributed by atoms with Gasteiger partial charge < -0.3 is 0 Å². The SMILES string of the molecule is FC(F)=CCC1(c2ccccc2)SCCCS1. The molecule has 1 saturated heterocycles. The summed E-state index contributed by atoms with van der Waals surface area (Å²) in [7, 11) is 0. The molecule has 1 aliphatic rings. The van der Waals surface area contributed by atoms with E-state index in [2.05, 4.69) is 0 Å². The Morgan fingerprint density at radius 3 is 2.41 bits per heavy atom. The minimum atomic E-state index is -1.58. The molecule has 92 valence electrons. The smallest absolute Gasteiger partial charge is 0.174 e. The van der Waals surface area contributed by atoms with Crippen molar-refractivity contribution >= 4 is 23.5 Å². The van der Waals surface area contributed by atoms with Crippen LogP contribution in [0.5, 0.6) is 0 Å². The molecule has 1 aliphatic heterocycles. The highest BCUT2D eigenvalue weighted by Crippen LogP contribution is 2.52. The van der Waals surface area contributed by atoms with Crippen LogP contribution in [0, 0.1) is 0 Å². The number of thioether (sulfide) groups is 2. The molecule has 0 amide bonds. The maximum atomic E-state index is 12.3. The van der Waals surface area contributed by atoms with Gasteiger partial charge in [0.2, 0.25) is 0 Å². The number of hydrogen-bond donors (Lipinski definition) is 0. The first kappa shape index (κ1) is 13.0. The Kier molecular flexibility index (Phi) is 4.51. The molecule has 0 aliphatic carbocycles. The van der Waals surface area contributed by atoms with Gasteiger partial charge in [0.1, 0.15) is 0 Å². The molecule has 0 radical (unpaired) electrons. The van der Waals surface area contributed by atoms with Gasteiger partial charge in [-0.1, -0.05) is 30.3 Å². The molecule has 0 N–H and O–H groups in total. The van der Waals surface area contributed by atoms with Crippen LogP contribution in [0.25, 0.3) is 0 Å². The van der Waals surface area contributed by atoms with Gasteiger partial charge in [-0.05, 0) is 36.0 Å². The molecule has 0 saturated carbocycles. The van der Waals surface area contributed by atoms with Gasteiger partial charge in [-0.15, -0.1) is 23.5 Å². The minimum absolute atomic E-state index is 0.219. The molecule has 0 spiro atoms. The fourth-order valence-corrected chi connectivity index (χ4v) is 5.14. The average molecular weight is 272 g/mol. The standard InChI is InChI=1S/C13H14F2S2/c14-12(15)7-8-13(16-9-4-10-17-13)11-5-2-1-3-6-11/h1-3,5-7H,4,8-10H2. The Morgan fingerprint density at radius 2 is 1.82 bits per heavy atom. The van der Waals surface area contributed by atoms with Crippen molar-refractivity contribution in [2.45, 2.75) is 16.9 Å². The van der Waals surface area contributed by atoms with Crippen LogP contribution in [-0.4, -0.2) is 11.5 Å². The largest absolute Gasteiger partial charge is 0.266 e. The molecule has 1 fully saturated rings. The van der Waals surface area contributed by atoms with E-state index < -0.39 is 6.08 Å². The van der Waals surface area contributed by atoms with Gasteiger partial charge in [-0.25, -0.2) is 0 Å². The third-order valence-electron chi connectivity index (χ3n) is 2.70. The molecule has 1 aromatic rings. The van der Waals surface area contributed by atoms with E-state index in [1.54, 1.807) is 23.5 Å². The zero-order valence-electron chi connectivity index (χ0n) is 9.36. The van der Waals surface area contributed by atoms with Crippen molar-refractivity contribution in [3.8, 4) is 0 Å². The monoisotopic (exact) mass is 272 g/mol. The van der Waals surface area contributed by atoms with Crippen LogP contribution in [0.3, 0.4) is 0 Å². The van der Waals surface area contributed by atoms with Crippen molar-refractivity contribution in [3.05, 3.63) is 48.1 Å². The summed E-state index contributed by atoms with van der Waals surface area (Å²) in [5.41, 5.74) is 1.15. The van der Waals surface area contributed by atoms with Gasteiger partial charge in [0.05, 0.1) is 4.08 Å². The average Bonchev–Trinajstić information content (AvgIpc) is 2.39. The summed E-state index contributed by atoms with van der Waals surface area (Å²) in [5.74, 6) is 2.09. The Balaban J connectivity index is 2.26. The van der Waals surface area contributed by atoms with Crippen molar-refractivity contribution in [2.24, 2.45) is 0 Å². The van der Waals surface area contributed by atoms with E-state index in [-0.39, 0.29) is 4.08 Å². The summed E-state index contributed by atoms with van der Waals surface area (Å²) in [6, 6.07) is 9.98. The van der Waals surface area contributed by atoms with E-state index in [1.165, 1.54) is 0 Å². The van der Waals surface area contributed by atoms with Crippen molar-refractivity contribution in [2.75, 3.05) is 11.5 Å². The zero-order valence-corrected chi connectivity index (χ0v) is 11.0. The fraction of sp³-hybridized carbons (Fsp3) is 0.385. The third-order valence-corrected chi connectivity index (χ3v) is 6.13. The number of halogens is 2. The first-order valence-electron chi connectivity index (χ1n) is 5.57. The first-order chi connectivity index (χ1) is 8.23. The second kappa shape index (κ2) is 5.91. The Labute approximate surface area is 109 Å². The Hall–Kier alpha value is -0.480. The minimum Gasteiger partial charge on any atom is -0.174 e. The second-order valence-corrected chi connectivity index (χ2v) is 6.91. The summed E-state index contributed by atoms with van der Waals surface area (Å²) < 4.78 is 24.4. The van der Waals surface area contributed by atoms with Crippen molar-refractivity contribution in [1.29, 1.82) is 0 Å². The summed E-state index contributed by atoms with van der Waals surface area (Å²) in [6.07, 6.45) is 1.03. The van der Waals surface area contributed by atoms with Crippen LogP contribution in [0.2, 0.25) is 0 Å². The number of allylic oxidation sites excluding steroid dienone is 1. The normalized spacial score (nSPS) is 18.7. The predicted octanol–water partition coefficient (Wildman–Crippen LogP) is 4.88. The lowest BCUT2D eigenvalue weighted by Gasteiger charge is -2.35. The molecule has 0 unspecified atom stereocenters. The van der Waals surface area contributed by atoms with Crippen molar-refractivity contribution in [3.63, 3.8) is 0 Å². The zero-order chi connectivity index (χ0) is 12.1. The van der Waals surface area contributed by atoms with Gasteiger partial charge in [0.15, 0.2) is 0 Å². The highest BCUT2D eigenvalue weighted by Gasteiger charge is 2.34. The summed E-state index contributed by atoms with van der Waals surface area (Å²) >= 11 is 3.58. The van der Waals surface area contributed by atoms with Gasteiger partial charge in [0, 0.05) is 0 Å². The molecule has 2 rings (SSSR count).